The average molecular weight is 149 g/mol. The predicted octanol–water partition coefficient (Wildman–Crippen LogP) is 2.59. The summed E-state index contributed by atoms with van der Waals surface area (Å²) < 4.78 is 0. The van der Waals surface area contributed by atoms with Crippen LogP contribution in [0.1, 0.15) is 11.1 Å². The van der Waals surface area contributed by atoms with Crippen LogP contribution in [0.2, 0.25) is 0 Å². The van der Waals surface area contributed by atoms with Gasteiger partial charge in [0.15, 0.2) is 0 Å². The normalized spacial score (nSPS) is 10.0. The predicted molar refractivity (Wildman–Crippen MR) is 43.7 cm³/mol. The molecular formula is C8H7NS. The van der Waals surface area contributed by atoms with Gasteiger partial charge in [0.25, 0.3) is 0 Å². The maximum absolute atomic E-state index is 8.22. The van der Waals surface area contributed by atoms with Gasteiger partial charge in [0.1, 0.15) is 0 Å². The van der Waals surface area contributed by atoms with Crippen LogP contribution in [0.25, 0.3) is 6.08 Å². The van der Waals surface area contributed by atoms with Gasteiger partial charge in [0, 0.05) is 6.08 Å². The first-order valence-electron chi connectivity index (χ1n) is 2.93. The highest BCUT2D eigenvalue weighted by Crippen LogP contribution is 2.14. The van der Waals surface area contributed by atoms with E-state index in [1.165, 1.54) is 11.6 Å². The Morgan fingerprint density at radius 1 is 1.60 bits per heavy atom. The van der Waals surface area contributed by atoms with Gasteiger partial charge < -0.3 is 0 Å². The van der Waals surface area contributed by atoms with E-state index in [0.717, 1.165) is 5.56 Å². The third kappa shape index (κ3) is 1.46. The van der Waals surface area contributed by atoms with Crippen LogP contribution in [0.4, 0.5) is 0 Å². The van der Waals surface area contributed by atoms with Crippen molar-refractivity contribution in [2.75, 3.05) is 0 Å². The van der Waals surface area contributed by atoms with E-state index in [-0.39, 0.29) is 0 Å². The molecule has 0 saturated carbocycles. The van der Waals surface area contributed by atoms with Crippen LogP contribution in [-0.4, -0.2) is 0 Å². The van der Waals surface area contributed by atoms with Gasteiger partial charge in [-0.1, -0.05) is 0 Å². The van der Waals surface area contributed by atoms with Gasteiger partial charge in [-0.3, -0.25) is 0 Å². The number of rotatable bonds is 1. The third-order valence-electron chi connectivity index (χ3n) is 1.23. The van der Waals surface area contributed by atoms with Crippen molar-refractivity contribution in [1.29, 1.82) is 5.26 Å². The number of nitriles is 1. The van der Waals surface area contributed by atoms with Crippen molar-refractivity contribution in [2.24, 2.45) is 0 Å². The maximum atomic E-state index is 8.22. The van der Waals surface area contributed by atoms with Crippen LogP contribution in [0, 0.1) is 18.3 Å². The van der Waals surface area contributed by atoms with Crippen molar-refractivity contribution < 1.29 is 0 Å². The summed E-state index contributed by atoms with van der Waals surface area (Å²) in [5, 5.41) is 12.3. The quantitative estimate of drug-likeness (QED) is 0.563. The summed E-state index contributed by atoms with van der Waals surface area (Å²) in [7, 11) is 0. The first kappa shape index (κ1) is 7.04. The van der Waals surface area contributed by atoms with Crippen LogP contribution in [0.3, 0.4) is 0 Å². The minimum absolute atomic E-state index is 1.14. The van der Waals surface area contributed by atoms with E-state index in [1.54, 1.807) is 11.3 Å². The van der Waals surface area contributed by atoms with Crippen molar-refractivity contribution in [2.45, 2.75) is 6.92 Å². The van der Waals surface area contributed by atoms with Gasteiger partial charge in [0.05, 0.1) is 6.07 Å². The second kappa shape index (κ2) is 3.19. The summed E-state index contributed by atoms with van der Waals surface area (Å²) in [5.74, 6) is 0. The molecule has 0 unspecified atom stereocenters. The smallest absolute Gasteiger partial charge is 0.0912 e. The molecule has 50 valence electrons. The molecule has 0 fully saturated rings. The summed E-state index contributed by atoms with van der Waals surface area (Å²) in [5.41, 5.74) is 2.38. The summed E-state index contributed by atoms with van der Waals surface area (Å²) in [6.07, 6.45) is 3.32. The molecule has 0 aliphatic rings. The zero-order chi connectivity index (χ0) is 7.40. The van der Waals surface area contributed by atoms with Crippen molar-refractivity contribution >= 4 is 17.4 Å². The molecule has 0 saturated heterocycles. The van der Waals surface area contributed by atoms with Crippen LogP contribution < -0.4 is 0 Å². The largest absolute Gasteiger partial charge is 0.193 e. The summed E-state index contributed by atoms with van der Waals surface area (Å²) >= 11 is 1.66. The highest BCUT2D eigenvalue weighted by molar-refractivity contribution is 7.08. The Bertz CT molecular complexity index is 278. The lowest BCUT2D eigenvalue weighted by Gasteiger charge is -1.84. The third-order valence-corrected chi connectivity index (χ3v) is 2.11. The highest BCUT2D eigenvalue weighted by Gasteiger charge is 1.91. The van der Waals surface area contributed by atoms with E-state index < -0.39 is 0 Å². The van der Waals surface area contributed by atoms with Crippen molar-refractivity contribution in [3.05, 3.63) is 28.0 Å². The Morgan fingerprint density at radius 3 is 2.90 bits per heavy atom. The van der Waals surface area contributed by atoms with Crippen molar-refractivity contribution in [1.82, 2.24) is 0 Å². The van der Waals surface area contributed by atoms with Crippen molar-refractivity contribution in [3.63, 3.8) is 0 Å². The van der Waals surface area contributed by atoms with Crippen molar-refractivity contribution in [3.8, 4) is 6.07 Å². The van der Waals surface area contributed by atoms with Gasteiger partial charge in [-0.15, -0.1) is 0 Å². The van der Waals surface area contributed by atoms with Crippen LogP contribution in [0.15, 0.2) is 16.8 Å². The molecule has 0 amide bonds. The van der Waals surface area contributed by atoms with Crippen LogP contribution in [0.5, 0.6) is 0 Å². The molecule has 2 heteroatoms. The van der Waals surface area contributed by atoms with E-state index in [2.05, 4.69) is 5.38 Å². The lowest BCUT2D eigenvalue weighted by molar-refractivity contribution is 1.52. The number of hydrogen-bond donors (Lipinski definition) is 0. The molecule has 0 aromatic carbocycles. The minimum Gasteiger partial charge on any atom is -0.193 e. The minimum atomic E-state index is 1.14. The second-order valence-corrected chi connectivity index (χ2v) is 2.72. The van der Waals surface area contributed by atoms with Gasteiger partial charge in [0.2, 0.25) is 0 Å². The number of nitrogens with zero attached hydrogens (tertiary/aromatic N) is 1. The summed E-state index contributed by atoms with van der Waals surface area (Å²) in [4.78, 5) is 0. The first-order chi connectivity index (χ1) is 4.84. The average Bonchev–Trinajstić information content (AvgIpc) is 2.31. The first-order valence-corrected chi connectivity index (χ1v) is 3.88. The zero-order valence-corrected chi connectivity index (χ0v) is 6.48. The fourth-order valence-electron chi connectivity index (χ4n) is 0.668. The standard InChI is InChI=1S/C8H7NS/c1-7-5-10-6-8(7)3-2-4-9/h2-3,5-6H,1H3. The molecule has 0 aliphatic heterocycles. The summed E-state index contributed by atoms with van der Waals surface area (Å²) in [6.45, 7) is 2.04. The van der Waals surface area contributed by atoms with E-state index >= 15 is 0 Å². The Hall–Kier alpha value is -1.07. The van der Waals surface area contributed by atoms with Gasteiger partial charge in [-0.05, 0) is 34.9 Å². The second-order valence-electron chi connectivity index (χ2n) is 1.97. The van der Waals surface area contributed by atoms with Gasteiger partial charge in [-0.2, -0.15) is 16.6 Å². The Labute approximate surface area is 64.2 Å². The molecule has 1 aromatic rings. The van der Waals surface area contributed by atoms with E-state index in [9.17, 15) is 0 Å². The molecule has 1 rings (SSSR count). The Balaban J connectivity index is 2.87. The van der Waals surface area contributed by atoms with Crippen LogP contribution >= 0.6 is 11.3 Å². The van der Waals surface area contributed by atoms with E-state index in [0.29, 0.717) is 0 Å². The lowest BCUT2D eigenvalue weighted by atomic mass is 10.2. The molecule has 0 atom stereocenters. The number of allylic oxidation sites excluding steroid dienone is 1. The molecule has 0 radical (unpaired) electrons. The van der Waals surface area contributed by atoms with Gasteiger partial charge in [-0.25, -0.2) is 0 Å². The van der Waals surface area contributed by atoms with Crippen LogP contribution in [-0.2, 0) is 0 Å². The SMILES string of the molecule is Cc1cscc1C=CC#N. The lowest BCUT2D eigenvalue weighted by Crippen LogP contribution is -1.67. The number of thiophene rings is 1. The fraction of sp³-hybridized carbons (Fsp3) is 0.125. The maximum Gasteiger partial charge on any atom is 0.0912 e. The molecule has 10 heavy (non-hydrogen) atoms. The Morgan fingerprint density at radius 2 is 2.40 bits per heavy atom. The number of hydrogen-bond acceptors (Lipinski definition) is 2. The fourth-order valence-corrected chi connectivity index (χ4v) is 1.49. The topological polar surface area (TPSA) is 23.8 Å². The zero-order valence-electron chi connectivity index (χ0n) is 5.66. The molecule has 0 spiro atoms. The molecule has 1 heterocycles. The number of aryl methyl sites for hydroxylation is 1. The highest BCUT2D eigenvalue weighted by atomic mass is 32.1. The molecule has 0 aliphatic carbocycles. The molecule has 1 nitrogen and oxygen atoms in total. The van der Waals surface area contributed by atoms with Gasteiger partial charge >= 0.3 is 0 Å². The van der Waals surface area contributed by atoms with E-state index in [4.69, 9.17) is 5.26 Å². The monoisotopic (exact) mass is 149 g/mol. The molecule has 0 bridgehead atoms. The Kier molecular flexibility index (Phi) is 2.24. The molecule has 0 N–H and O–H groups in total. The molecular weight excluding hydrogens is 142 g/mol. The summed E-state index contributed by atoms with van der Waals surface area (Å²) in [6, 6.07) is 1.96. The molecule has 1 aromatic heterocycles. The van der Waals surface area contributed by atoms with E-state index in [1.807, 2.05) is 24.4 Å².